The largest absolute Gasteiger partial charge is 0.478 e. The van der Waals surface area contributed by atoms with E-state index in [1.54, 1.807) is 29.2 Å². The molecule has 3 atom stereocenters. The van der Waals surface area contributed by atoms with E-state index in [0.29, 0.717) is 13.1 Å². The van der Waals surface area contributed by atoms with Crippen LogP contribution in [0.3, 0.4) is 0 Å². The lowest BCUT2D eigenvalue weighted by Crippen LogP contribution is -2.33. The molecule has 7 nitrogen and oxygen atoms in total. The number of carboxylic acids is 1. The minimum Gasteiger partial charge on any atom is -0.478 e. The summed E-state index contributed by atoms with van der Waals surface area (Å²) in [6.45, 7) is 2.79. The fourth-order valence-corrected chi connectivity index (χ4v) is 5.82. The minimum absolute atomic E-state index is 0.0144. The highest BCUT2D eigenvalue weighted by Gasteiger charge is 2.39. The summed E-state index contributed by atoms with van der Waals surface area (Å²) in [6.07, 6.45) is 3.67. The van der Waals surface area contributed by atoms with Gasteiger partial charge in [-0.2, -0.15) is 0 Å². The van der Waals surface area contributed by atoms with E-state index in [4.69, 9.17) is 9.84 Å². The van der Waals surface area contributed by atoms with Crippen molar-refractivity contribution in [2.24, 2.45) is 5.92 Å². The summed E-state index contributed by atoms with van der Waals surface area (Å²) in [7, 11) is 0. The molecule has 3 aromatic rings. The molecule has 2 aliphatic rings. The van der Waals surface area contributed by atoms with Crippen molar-refractivity contribution in [1.29, 1.82) is 0 Å². The van der Waals surface area contributed by atoms with Crippen LogP contribution in [0, 0.1) is 5.92 Å². The molecule has 202 valence electrons. The van der Waals surface area contributed by atoms with Crippen LogP contribution in [-0.4, -0.2) is 34.0 Å². The third kappa shape index (κ3) is 5.98. The number of aromatic carboxylic acids is 1. The Morgan fingerprint density at radius 3 is 2.23 bits per heavy atom. The van der Waals surface area contributed by atoms with Gasteiger partial charge in [-0.3, -0.25) is 9.69 Å². The van der Waals surface area contributed by atoms with Crippen molar-refractivity contribution in [3.8, 4) is 0 Å². The van der Waals surface area contributed by atoms with Gasteiger partial charge in [-0.15, -0.1) is 0 Å². The average Bonchev–Trinajstić information content (AvgIpc) is 3.58. The molecule has 2 fully saturated rings. The van der Waals surface area contributed by atoms with Crippen LogP contribution in [0.25, 0.3) is 0 Å². The van der Waals surface area contributed by atoms with Crippen LogP contribution in [0.4, 0.5) is 4.79 Å². The Bertz CT molecular complexity index is 1300. The zero-order valence-electron chi connectivity index (χ0n) is 22.1. The zero-order valence-corrected chi connectivity index (χ0v) is 22.1. The van der Waals surface area contributed by atoms with Crippen LogP contribution >= 0.6 is 0 Å². The number of hydrogen-bond acceptors (Lipinski definition) is 4. The van der Waals surface area contributed by atoms with E-state index in [1.807, 2.05) is 61.5 Å². The fraction of sp³-hybridized carbons (Fsp3) is 0.344. The number of hydrogen-bond donors (Lipinski definition) is 2. The van der Waals surface area contributed by atoms with Crippen molar-refractivity contribution in [3.05, 3.63) is 107 Å². The van der Waals surface area contributed by atoms with E-state index in [2.05, 4.69) is 5.32 Å². The molecule has 1 aliphatic heterocycles. The van der Waals surface area contributed by atoms with E-state index >= 15 is 0 Å². The summed E-state index contributed by atoms with van der Waals surface area (Å²) in [4.78, 5) is 39.0. The monoisotopic (exact) mass is 526 g/mol. The quantitative estimate of drug-likeness (QED) is 0.354. The van der Waals surface area contributed by atoms with Gasteiger partial charge in [-0.1, -0.05) is 79.6 Å². The number of benzene rings is 3. The lowest BCUT2D eigenvalue weighted by Gasteiger charge is -2.24. The Balaban J connectivity index is 1.26. The minimum atomic E-state index is -0.970. The molecule has 2 N–H and O–H groups in total. The predicted octanol–water partition coefficient (Wildman–Crippen LogP) is 6.06. The molecule has 39 heavy (non-hydrogen) atoms. The van der Waals surface area contributed by atoms with E-state index in [0.717, 1.165) is 47.9 Å². The van der Waals surface area contributed by atoms with Gasteiger partial charge >= 0.3 is 12.1 Å². The van der Waals surface area contributed by atoms with Crippen LogP contribution in [0.2, 0.25) is 0 Å². The number of nitrogens with zero attached hydrogens (tertiary/aromatic N) is 1. The smallest absolute Gasteiger partial charge is 0.411 e. The molecule has 1 unspecified atom stereocenters. The molecule has 0 bridgehead atoms. The van der Waals surface area contributed by atoms with Gasteiger partial charge in [0, 0.05) is 13.1 Å². The maximum absolute atomic E-state index is 13.4. The summed E-state index contributed by atoms with van der Waals surface area (Å²) in [5.74, 6) is -0.953. The lowest BCUT2D eigenvalue weighted by atomic mass is 9.83. The van der Waals surface area contributed by atoms with Crippen LogP contribution in [0.5, 0.6) is 0 Å². The van der Waals surface area contributed by atoms with Gasteiger partial charge < -0.3 is 15.2 Å². The standard InChI is InChI=1S/C32H34N2O5/c1-21-29(26-9-3-2-4-10-26)39-32(38)34(21)20-23-13-15-25(16-14-23)28(24-7-5-6-8-24)30(35)33-19-22-11-17-27(18-12-22)31(36)37/h2-4,9-18,21,24,28-29H,5-8,19-20H2,1H3,(H,33,35)(H,36,37)/t21-,28?,29-/m1/s1. The lowest BCUT2D eigenvalue weighted by molar-refractivity contribution is -0.123. The number of cyclic esters (lactones) is 1. The number of carbonyl (C=O) groups is 3. The number of amides is 2. The molecule has 0 spiro atoms. The Labute approximate surface area is 228 Å². The van der Waals surface area contributed by atoms with Crippen LogP contribution in [-0.2, 0) is 22.6 Å². The maximum Gasteiger partial charge on any atom is 0.411 e. The number of ether oxygens (including phenoxy) is 1. The molecule has 1 heterocycles. The highest BCUT2D eigenvalue weighted by molar-refractivity contribution is 5.87. The van der Waals surface area contributed by atoms with E-state index in [9.17, 15) is 14.4 Å². The number of carbonyl (C=O) groups excluding carboxylic acids is 2. The highest BCUT2D eigenvalue weighted by Crippen LogP contribution is 2.38. The summed E-state index contributed by atoms with van der Waals surface area (Å²) < 4.78 is 5.69. The Hall–Kier alpha value is -4.13. The fourth-order valence-electron chi connectivity index (χ4n) is 5.82. The Morgan fingerprint density at radius 1 is 0.949 bits per heavy atom. The van der Waals surface area contributed by atoms with Crippen LogP contribution in [0.1, 0.15) is 77.2 Å². The van der Waals surface area contributed by atoms with E-state index in [-0.39, 0.29) is 41.5 Å². The molecule has 1 saturated heterocycles. The van der Waals surface area contributed by atoms with Crippen molar-refractivity contribution in [2.75, 3.05) is 0 Å². The molecule has 3 aromatic carbocycles. The first-order valence-electron chi connectivity index (χ1n) is 13.6. The van der Waals surface area contributed by atoms with Gasteiger partial charge in [0.05, 0.1) is 17.5 Å². The Kier molecular flexibility index (Phi) is 7.96. The maximum atomic E-state index is 13.4. The molecule has 0 aromatic heterocycles. The second-order valence-electron chi connectivity index (χ2n) is 10.6. The summed E-state index contributed by atoms with van der Waals surface area (Å²) in [5.41, 5.74) is 4.03. The van der Waals surface area contributed by atoms with Gasteiger partial charge in [0.25, 0.3) is 0 Å². The molecular formula is C32H34N2O5. The summed E-state index contributed by atoms with van der Waals surface area (Å²) >= 11 is 0. The predicted molar refractivity (Wildman–Crippen MR) is 147 cm³/mol. The molecule has 2 amide bonds. The van der Waals surface area contributed by atoms with Crippen LogP contribution in [0.15, 0.2) is 78.9 Å². The molecule has 5 rings (SSSR count). The summed E-state index contributed by atoms with van der Waals surface area (Å²) in [6, 6.07) is 24.3. The normalized spacial score (nSPS) is 20.0. The van der Waals surface area contributed by atoms with Gasteiger partial charge in [0.1, 0.15) is 6.10 Å². The Morgan fingerprint density at radius 2 is 1.59 bits per heavy atom. The van der Waals surface area contributed by atoms with Crippen molar-refractivity contribution in [2.45, 2.75) is 63.8 Å². The number of carboxylic acid groups (broad SMARTS) is 1. The van der Waals surface area contributed by atoms with Crippen molar-refractivity contribution in [3.63, 3.8) is 0 Å². The summed E-state index contributed by atoms with van der Waals surface area (Å²) in [5, 5.41) is 12.2. The van der Waals surface area contributed by atoms with Crippen molar-refractivity contribution in [1.82, 2.24) is 10.2 Å². The second kappa shape index (κ2) is 11.7. The molecule has 1 aliphatic carbocycles. The molecule has 1 saturated carbocycles. The zero-order chi connectivity index (χ0) is 27.4. The highest BCUT2D eigenvalue weighted by atomic mass is 16.6. The third-order valence-electron chi connectivity index (χ3n) is 8.03. The average molecular weight is 527 g/mol. The topological polar surface area (TPSA) is 95.9 Å². The SMILES string of the molecule is C[C@@H]1[C@H](c2ccccc2)OC(=O)N1Cc1ccc(C(C(=O)NCc2ccc(C(=O)O)cc2)C2CCCC2)cc1. The third-order valence-corrected chi connectivity index (χ3v) is 8.03. The van der Waals surface area contributed by atoms with Crippen molar-refractivity contribution >= 4 is 18.0 Å². The first-order chi connectivity index (χ1) is 18.9. The van der Waals surface area contributed by atoms with Gasteiger partial charge in [0.15, 0.2) is 0 Å². The van der Waals surface area contributed by atoms with E-state index in [1.165, 1.54) is 0 Å². The first-order valence-corrected chi connectivity index (χ1v) is 13.6. The number of nitrogens with one attached hydrogen (secondary N) is 1. The number of rotatable bonds is 9. The second-order valence-corrected chi connectivity index (χ2v) is 10.6. The molecule has 7 heteroatoms. The van der Waals surface area contributed by atoms with Crippen molar-refractivity contribution < 1.29 is 24.2 Å². The first kappa shape index (κ1) is 26.5. The van der Waals surface area contributed by atoms with Gasteiger partial charge in [-0.25, -0.2) is 9.59 Å². The van der Waals surface area contributed by atoms with Crippen LogP contribution < -0.4 is 5.32 Å². The van der Waals surface area contributed by atoms with E-state index < -0.39 is 5.97 Å². The molecule has 0 radical (unpaired) electrons. The van der Waals surface area contributed by atoms with Gasteiger partial charge in [-0.05, 0) is 60.1 Å². The molecular weight excluding hydrogens is 492 g/mol. The van der Waals surface area contributed by atoms with Gasteiger partial charge in [0.2, 0.25) is 5.91 Å².